The number of morpholine rings is 1. The van der Waals surface area contributed by atoms with Crippen molar-refractivity contribution in [2.75, 3.05) is 26.8 Å². The van der Waals surface area contributed by atoms with Crippen molar-refractivity contribution >= 4 is 18.0 Å². The maximum Gasteiger partial charge on any atom is 0.331 e. The van der Waals surface area contributed by atoms with Crippen molar-refractivity contribution in [3.05, 3.63) is 29.8 Å². The zero-order valence-corrected chi connectivity index (χ0v) is 14.6. The fraction of sp³-hybridized carbons (Fsp3) is 0.444. The van der Waals surface area contributed by atoms with Crippen LogP contribution in [0.15, 0.2) is 24.3 Å². The minimum absolute atomic E-state index is 0.0155. The van der Waals surface area contributed by atoms with Gasteiger partial charge in [0.05, 0.1) is 19.3 Å². The lowest BCUT2D eigenvalue weighted by Crippen LogP contribution is -2.49. The standard InChI is InChI=1S/C18H23NO6/c1-12-9-19(10-13(2)25-12)17(21)11-24-18(22)7-5-14-4-6-15(20)16(8-14)23-3/h4-8,12-13,20H,9-11H2,1-3H3. The van der Waals surface area contributed by atoms with Gasteiger partial charge in [0, 0.05) is 19.2 Å². The van der Waals surface area contributed by atoms with Gasteiger partial charge in [-0.25, -0.2) is 4.79 Å². The lowest BCUT2D eigenvalue weighted by Gasteiger charge is -2.35. The third kappa shape index (κ3) is 5.49. The Morgan fingerprint density at radius 2 is 2.00 bits per heavy atom. The molecule has 2 rings (SSSR count). The van der Waals surface area contributed by atoms with Crippen LogP contribution in [0.5, 0.6) is 11.5 Å². The number of carbonyl (C=O) groups is 2. The quantitative estimate of drug-likeness (QED) is 0.642. The maximum absolute atomic E-state index is 12.1. The van der Waals surface area contributed by atoms with Crippen LogP contribution in [0.25, 0.3) is 6.08 Å². The second kappa shape index (κ2) is 8.53. The number of amides is 1. The SMILES string of the molecule is COc1cc(C=CC(=O)OCC(=O)N2CC(C)OC(C)C2)ccc1O. The van der Waals surface area contributed by atoms with Gasteiger partial charge in [0.15, 0.2) is 18.1 Å². The Hall–Kier alpha value is -2.54. The number of esters is 1. The van der Waals surface area contributed by atoms with E-state index in [0.717, 1.165) is 0 Å². The van der Waals surface area contributed by atoms with Crippen molar-refractivity contribution in [3.63, 3.8) is 0 Å². The predicted octanol–water partition coefficient (Wildman–Crippen LogP) is 1.59. The molecule has 1 saturated heterocycles. The third-order valence-corrected chi connectivity index (χ3v) is 3.73. The first-order valence-electron chi connectivity index (χ1n) is 8.04. The molecule has 1 fully saturated rings. The lowest BCUT2D eigenvalue weighted by molar-refractivity contribution is -0.154. The van der Waals surface area contributed by atoms with Crippen molar-refractivity contribution in [2.24, 2.45) is 0 Å². The summed E-state index contributed by atoms with van der Waals surface area (Å²) in [6, 6.07) is 4.68. The van der Waals surface area contributed by atoms with Crippen LogP contribution < -0.4 is 4.74 Å². The van der Waals surface area contributed by atoms with Crippen LogP contribution in [0.2, 0.25) is 0 Å². The summed E-state index contributed by atoms with van der Waals surface area (Å²) in [7, 11) is 1.44. The average molecular weight is 349 g/mol. The maximum atomic E-state index is 12.1. The fourth-order valence-corrected chi connectivity index (χ4v) is 2.62. The minimum Gasteiger partial charge on any atom is -0.504 e. The second-order valence-corrected chi connectivity index (χ2v) is 5.93. The number of rotatable bonds is 5. The average Bonchev–Trinajstić information content (AvgIpc) is 2.58. The van der Waals surface area contributed by atoms with Crippen LogP contribution in [0.3, 0.4) is 0 Å². The van der Waals surface area contributed by atoms with Crippen LogP contribution >= 0.6 is 0 Å². The summed E-state index contributed by atoms with van der Waals surface area (Å²) >= 11 is 0. The van der Waals surface area contributed by atoms with Crippen LogP contribution in [-0.2, 0) is 19.1 Å². The molecular weight excluding hydrogens is 326 g/mol. The van der Waals surface area contributed by atoms with E-state index in [9.17, 15) is 14.7 Å². The first-order valence-corrected chi connectivity index (χ1v) is 8.04. The third-order valence-electron chi connectivity index (χ3n) is 3.73. The predicted molar refractivity (Wildman–Crippen MR) is 91.2 cm³/mol. The van der Waals surface area contributed by atoms with E-state index in [4.69, 9.17) is 14.2 Å². The fourth-order valence-electron chi connectivity index (χ4n) is 2.62. The first-order chi connectivity index (χ1) is 11.9. The Morgan fingerprint density at radius 3 is 2.64 bits per heavy atom. The number of benzene rings is 1. The smallest absolute Gasteiger partial charge is 0.331 e. The molecule has 0 saturated carbocycles. The summed E-state index contributed by atoms with van der Waals surface area (Å²) in [5.41, 5.74) is 0.661. The van der Waals surface area contributed by atoms with Gasteiger partial charge < -0.3 is 24.2 Å². The zero-order chi connectivity index (χ0) is 18.4. The molecule has 136 valence electrons. The van der Waals surface area contributed by atoms with Gasteiger partial charge in [0.2, 0.25) is 0 Å². The second-order valence-electron chi connectivity index (χ2n) is 5.93. The Morgan fingerprint density at radius 1 is 1.32 bits per heavy atom. The highest BCUT2D eigenvalue weighted by Crippen LogP contribution is 2.26. The van der Waals surface area contributed by atoms with Crippen LogP contribution in [0.1, 0.15) is 19.4 Å². The van der Waals surface area contributed by atoms with Gasteiger partial charge in [0.25, 0.3) is 5.91 Å². The normalized spacial score (nSPS) is 20.5. The molecule has 1 aromatic rings. The zero-order valence-electron chi connectivity index (χ0n) is 14.6. The summed E-state index contributed by atoms with van der Waals surface area (Å²) in [5, 5.41) is 9.53. The molecule has 1 aliphatic heterocycles. The Bertz CT molecular complexity index is 647. The molecule has 2 unspecified atom stereocenters. The number of hydrogen-bond acceptors (Lipinski definition) is 6. The van der Waals surface area contributed by atoms with Crippen molar-refractivity contribution in [1.29, 1.82) is 0 Å². The highest BCUT2D eigenvalue weighted by atomic mass is 16.5. The van der Waals surface area contributed by atoms with Gasteiger partial charge in [-0.2, -0.15) is 0 Å². The molecule has 0 aromatic heterocycles. The van der Waals surface area contributed by atoms with Crippen LogP contribution in [0, 0.1) is 0 Å². The van der Waals surface area contributed by atoms with Gasteiger partial charge in [-0.1, -0.05) is 6.07 Å². The number of methoxy groups -OCH3 is 1. The summed E-state index contributed by atoms with van der Waals surface area (Å²) < 4.78 is 15.6. The summed E-state index contributed by atoms with van der Waals surface area (Å²) in [6.07, 6.45) is 2.68. The number of phenols is 1. The first kappa shape index (κ1) is 18.8. The highest BCUT2D eigenvalue weighted by molar-refractivity contribution is 5.89. The molecule has 1 N–H and O–H groups in total. The molecule has 1 aromatic carbocycles. The van der Waals surface area contributed by atoms with Gasteiger partial charge in [-0.15, -0.1) is 0 Å². The molecule has 2 atom stereocenters. The molecule has 1 aliphatic rings. The number of nitrogens with zero attached hydrogens (tertiary/aromatic N) is 1. The Labute approximate surface area is 146 Å². The van der Waals surface area contributed by atoms with E-state index in [1.54, 1.807) is 17.0 Å². The lowest BCUT2D eigenvalue weighted by atomic mass is 10.2. The van der Waals surface area contributed by atoms with E-state index in [0.29, 0.717) is 24.4 Å². The number of carbonyl (C=O) groups excluding carboxylic acids is 2. The highest BCUT2D eigenvalue weighted by Gasteiger charge is 2.26. The van der Waals surface area contributed by atoms with E-state index in [1.165, 1.54) is 25.3 Å². The molecule has 0 aliphatic carbocycles. The van der Waals surface area contributed by atoms with Crippen LogP contribution in [-0.4, -0.2) is 60.9 Å². The van der Waals surface area contributed by atoms with Gasteiger partial charge in [0.1, 0.15) is 0 Å². The minimum atomic E-state index is -0.616. The van der Waals surface area contributed by atoms with E-state index >= 15 is 0 Å². The van der Waals surface area contributed by atoms with E-state index in [-0.39, 0.29) is 30.5 Å². The van der Waals surface area contributed by atoms with Gasteiger partial charge in [-0.05, 0) is 37.6 Å². The number of phenolic OH excluding ortho intramolecular Hbond substituents is 1. The van der Waals surface area contributed by atoms with Gasteiger partial charge >= 0.3 is 5.97 Å². The van der Waals surface area contributed by atoms with Crippen molar-refractivity contribution in [1.82, 2.24) is 4.90 Å². The topological polar surface area (TPSA) is 85.3 Å². The molecule has 1 amide bonds. The van der Waals surface area contributed by atoms with Crippen molar-refractivity contribution in [3.8, 4) is 11.5 Å². The van der Waals surface area contributed by atoms with Gasteiger partial charge in [-0.3, -0.25) is 4.79 Å². The molecule has 0 radical (unpaired) electrons. The van der Waals surface area contributed by atoms with E-state index < -0.39 is 5.97 Å². The Balaban J connectivity index is 1.85. The molecule has 1 heterocycles. The monoisotopic (exact) mass is 349 g/mol. The molecule has 7 nitrogen and oxygen atoms in total. The molecular formula is C18H23NO6. The van der Waals surface area contributed by atoms with E-state index in [1.807, 2.05) is 13.8 Å². The van der Waals surface area contributed by atoms with Crippen LogP contribution in [0.4, 0.5) is 0 Å². The summed E-state index contributed by atoms with van der Waals surface area (Å²) in [6.45, 7) is 4.47. The molecule has 25 heavy (non-hydrogen) atoms. The van der Waals surface area contributed by atoms with E-state index in [2.05, 4.69) is 0 Å². The summed E-state index contributed by atoms with van der Waals surface area (Å²) in [5.74, 6) is -0.534. The molecule has 0 spiro atoms. The number of hydrogen-bond donors (Lipinski definition) is 1. The van der Waals surface area contributed by atoms with Crippen molar-refractivity contribution in [2.45, 2.75) is 26.1 Å². The largest absolute Gasteiger partial charge is 0.504 e. The summed E-state index contributed by atoms with van der Waals surface area (Å²) in [4.78, 5) is 25.5. The molecule has 7 heteroatoms. The Kier molecular flexibility index (Phi) is 6.41. The number of aromatic hydroxyl groups is 1. The van der Waals surface area contributed by atoms with Crippen molar-refractivity contribution < 1.29 is 28.9 Å². The molecule has 0 bridgehead atoms. The number of ether oxygens (including phenoxy) is 3.